The van der Waals surface area contributed by atoms with Crippen LogP contribution in [0, 0.1) is 0 Å². The van der Waals surface area contributed by atoms with Crippen molar-refractivity contribution < 1.29 is 76.1 Å². The molecule has 0 radical (unpaired) electrons. The van der Waals surface area contributed by atoms with Crippen molar-refractivity contribution in [3.63, 3.8) is 0 Å². The van der Waals surface area contributed by atoms with Gasteiger partial charge in [-0.05, 0) is 65.2 Å². The second kappa shape index (κ2) is 15.3. The van der Waals surface area contributed by atoms with E-state index in [0.717, 1.165) is 12.2 Å². The van der Waals surface area contributed by atoms with E-state index < -0.39 is 117 Å². The van der Waals surface area contributed by atoms with Crippen LogP contribution in [0.15, 0.2) is 90.5 Å². The zero-order valence-corrected chi connectivity index (χ0v) is 33.4. The number of rotatable bonds is 11. The topological polar surface area (TPSA) is 365 Å². The highest BCUT2D eigenvalue weighted by Gasteiger charge is 2.36. The number of nitrogen functional groups attached to an aromatic ring is 1. The molecule has 4 aromatic rings. The second-order valence-corrected chi connectivity index (χ2v) is 18.0. The maximum atomic E-state index is 13.4. The summed E-state index contributed by atoms with van der Waals surface area (Å²) in [5.41, 5.74) is 7.98. The first-order valence-electron chi connectivity index (χ1n) is 16.1. The average molecular weight is 906 g/mol. The third-order valence-corrected chi connectivity index (χ3v) is 12.2. The largest absolute Gasteiger partial charge is 0.507 e. The SMILES string of the molecule is COc1cc(-c2ccc(N/N=C3\C(=O)c4c(O)cc(S(=O)(=O)O)cc4C=C3S(=O)(=O)O)c(OC)c2)ccc1N/N=C1/C=Cc2c(S(=O)(=O)O)cc(S(=O)(=O)O)c(N)c2C1=O. The summed E-state index contributed by atoms with van der Waals surface area (Å²) >= 11 is 0. The van der Waals surface area contributed by atoms with Crippen molar-refractivity contribution in [2.45, 2.75) is 14.7 Å². The summed E-state index contributed by atoms with van der Waals surface area (Å²) in [6.45, 7) is 0. The second-order valence-electron chi connectivity index (χ2n) is 12.4. The zero-order valence-electron chi connectivity index (χ0n) is 30.2. The van der Waals surface area contributed by atoms with Crippen LogP contribution in [0.5, 0.6) is 17.2 Å². The smallest absolute Gasteiger partial charge is 0.296 e. The molecule has 0 aliphatic heterocycles. The molecule has 0 saturated heterocycles. The van der Waals surface area contributed by atoms with Gasteiger partial charge in [-0.2, -0.15) is 43.9 Å². The Labute approximate surface area is 339 Å². The van der Waals surface area contributed by atoms with Crippen LogP contribution < -0.4 is 26.1 Å². The van der Waals surface area contributed by atoms with Crippen molar-refractivity contribution in [3.05, 3.63) is 87.8 Å². The molecule has 0 bridgehead atoms. The van der Waals surface area contributed by atoms with Gasteiger partial charge in [0.05, 0.1) is 47.3 Å². The molecular weight excluding hydrogens is 879 g/mol. The summed E-state index contributed by atoms with van der Waals surface area (Å²) in [7, 11) is -17.8. The van der Waals surface area contributed by atoms with Crippen molar-refractivity contribution in [2.75, 3.05) is 30.8 Å². The maximum Gasteiger partial charge on any atom is 0.296 e. The Morgan fingerprint density at radius 1 is 0.633 bits per heavy atom. The third-order valence-electron chi connectivity index (χ3n) is 8.74. The fourth-order valence-electron chi connectivity index (χ4n) is 5.99. The maximum absolute atomic E-state index is 13.4. The number of aromatic hydroxyl groups is 1. The van der Waals surface area contributed by atoms with Gasteiger partial charge in [-0.15, -0.1) is 0 Å². The number of allylic oxidation sites excluding steroid dienone is 2. The van der Waals surface area contributed by atoms with E-state index in [4.69, 9.17) is 15.2 Å². The number of hydrogen-bond acceptors (Lipinski definition) is 18. The fraction of sp³-hybridized carbons (Fsp3) is 0.0588. The molecule has 2 aliphatic rings. The lowest BCUT2D eigenvalue weighted by atomic mass is 9.93. The number of phenolic OH excluding ortho intramolecular Hbond substituents is 1. The van der Waals surface area contributed by atoms with Crippen LogP contribution in [0.25, 0.3) is 23.3 Å². The Balaban J connectivity index is 1.29. The number of carbonyl (C=O) groups is 2. The lowest BCUT2D eigenvalue weighted by Gasteiger charge is -2.18. The van der Waals surface area contributed by atoms with E-state index in [1.807, 2.05) is 0 Å². The normalized spacial score (nSPS) is 15.7. The quantitative estimate of drug-likeness (QED) is 0.0609. The van der Waals surface area contributed by atoms with Crippen LogP contribution in [0.1, 0.15) is 31.8 Å². The lowest BCUT2D eigenvalue weighted by molar-refractivity contribution is 0.105. The first kappa shape index (κ1) is 43.1. The molecule has 0 heterocycles. The van der Waals surface area contributed by atoms with Gasteiger partial charge in [0.25, 0.3) is 40.5 Å². The number of phenols is 1. The predicted molar refractivity (Wildman–Crippen MR) is 213 cm³/mol. The molecule has 2 aliphatic carbocycles. The van der Waals surface area contributed by atoms with Gasteiger partial charge in [-0.3, -0.25) is 38.7 Å². The third kappa shape index (κ3) is 8.20. The molecule has 22 nitrogen and oxygen atoms in total. The van der Waals surface area contributed by atoms with Crippen molar-refractivity contribution >= 4 is 92.7 Å². The Kier molecular flexibility index (Phi) is 11.0. The predicted octanol–water partition coefficient (Wildman–Crippen LogP) is 2.97. The number of nitrogens with zero attached hydrogens (tertiary/aromatic N) is 2. The summed E-state index contributed by atoms with van der Waals surface area (Å²) in [5, 5.41) is 18.3. The van der Waals surface area contributed by atoms with E-state index in [-0.39, 0.29) is 22.9 Å². The minimum Gasteiger partial charge on any atom is -0.507 e. The molecule has 0 unspecified atom stereocenters. The molecule has 0 aromatic heterocycles. The first-order chi connectivity index (χ1) is 27.8. The Morgan fingerprint density at radius 2 is 1.18 bits per heavy atom. The van der Waals surface area contributed by atoms with Gasteiger partial charge >= 0.3 is 0 Å². The molecule has 9 N–H and O–H groups in total. The number of anilines is 3. The van der Waals surface area contributed by atoms with Crippen molar-refractivity contribution in [2.24, 2.45) is 10.2 Å². The van der Waals surface area contributed by atoms with Crippen LogP contribution in [0.3, 0.4) is 0 Å². The van der Waals surface area contributed by atoms with Crippen molar-refractivity contribution in [1.29, 1.82) is 0 Å². The molecule has 0 amide bonds. The molecular formula is C34H27N5O17S4. The first-order valence-corrected chi connectivity index (χ1v) is 21.9. The number of hydrogen-bond donors (Lipinski definition) is 8. The number of Topliss-reactive ketones (excluding diaryl/α,β-unsaturated/α-hetero) is 2. The van der Waals surface area contributed by atoms with Crippen LogP contribution >= 0.6 is 0 Å². The van der Waals surface area contributed by atoms with E-state index in [0.29, 0.717) is 35.4 Å². The number of nitrogens with two attached hydrogens (primary N) is 1. The average Bonchev–Trinajstić information content (AvgIpc) is 3.15. The van der Waals surface area contributed by atoms with Crippen LogP contribution in [0.4, 0.5) is 17.1 Å². The number of fused-ring (bicyclic) bond motifs is 2. The van der Waals surface area contributed by atoms with Gasteiger partial charge in [-0.1, -0.05) is 18.2 Å². The van der Waals surface area contributed by atoms with Gasteiger partial charge < -0.3 is 20.3 Å². The van der Waals surface area contributed by atoms with Gasteiger partial charge in [-0.25, -0.2) is 0 Å². The van der Waals surface area contributed by atoms with Gasteiger partial charge in [0.2, 0.25) is 11.6 Å². The Morgan fingerprint density at radius 3 is 1.68 bits per heavy atom. The van der Waals surface area contributed by atoms with Crippen molar-refractivity contribution in [3.8, 4) is 28.4 Å². The number of benzene rings is 4. The molecule has 60 heavy (non-hydrogen) atoms. The molecule has 0 atom stereocenters. The number of ketones is 2. The Hall–Kier alpha value is -6.52. The van der Waals surface area contributed by atoms with E-state index in [2.05, 4.69) is 21.1 Å². The number of carbonyl (C=O) groups excluding carboxylic acids is 2. The molecule has 0 spiro atoms. The number of ether oxygens (including phenoxy) is 2. The lowest BCUT2D eigenvalue weighted by Crippen LogP contribution is -2.27. The summed E-state index contributed by atoms with van der Waals surface area (Å²) in [5.74, 6) is -2.99. The van der Waals surface area contributed by atoms with Crippen molar-refractivity contribution in [1.82, 2.24) is 0 Å². The summed E-state index contributed by atoms with van der Waals surface area (Å²) < 4.78 is 145. The number of methoxy groups -OCH3 is 2. The van der Waals surface area contributed by atoms with E-state index in [1.165, 1.54) is 38.5 Å². The number of hydrazone groups is 2. The summed E-state index contributed by atoms with van der Waals surface area (Å²) in [6, 6.07) is 10.8. The standard InChI is InChI=1S/C34H27N5O17S4/c1-55-24-10-15(3-6-20(24)36-38-22-8-5-19-26(58(46,47)48)14-27(59(49,50)51)31(35)30(19)33(22)41)16-4-7-21(25(11-16)56-2)37-39-32-28(60(52,53)54)12-17-9-18(57(43,44)45)13-23(40)29(17)34(32)42/h3-14,36-37,40H,35H2,1-2H3,(H,43,44,45)(H,46,47,48)(H,49,50,51)(H,52,53,54)/b38-22-,39-32-. The highest BCUT2D eigenvalue weighted by molar-refractivity contribution is 7.91. The van der Waals surface area contributed by atoms with E-state index in [1.54, 1.807) is 12.1 Å². The van der Waals surface area contributed by atoms with Crippen LogP contribution in [-0.4, -0.2) is 94.2 Å². The monoisotopic (exact) mass is 905 g/mol. The van der Waals surface area contributed by atoms with Gasteiger partial charge in [0.15, 0.2) is 5.71 Å². The number of nitrogens with one attached hydrogen (secondary N) is 2. The molecule has 314 valence electrons. The zero-order chi connectivity index (χ0) is 44.3. The summed E-state index contributed by atoms with van der Waals surface area (Å²) in [4.78, 5) is 22.7. The Bertz CT molecular complexity index is 3180. The van der Waals surface area contributed by atoms with Crippen LogP contribution in [0.2, 0.25) is 0 Å². The van der Waals surface area contributed by atoms with Crippen LogP contribution in [-0.2, 0) is 40.5 Å². The molecule has 26 heteroatoms. The molecule has 0 fully saturated rings. The highest BCUT2D eigenvalue weighted by Crippen LogP contribution is 2.38. The van der Waals surface area contributed by atoms with E-state index >= 15 is 0 Å². The minimum absolute atomic E-state index is 0.0638. The van der Waals surface area contributed by atoms with E-state index in [9.17, 15) is 66.6 Å². The molecule has 4 aromatic carbocycles. The minimum atomic E-state index is -5.19. The van der Waals surface area contributed by atoms with Gasteiger partial charge in [0, 0.05) is 11.6 Å². The van der Waals surface area contributed by atoms with Gasteiger partial charge in [0.1, 0.15) is 37.7 Å². The summed E-state index contributed by atoms with van der Waals surface area (Å²) in [6.07, 6.45) is 2.80. The highest BCUT2D eigenvalue weighted by atomic mass is 32.2. The molecule has 0 saturated carbocycles. The fourth-order valence-corrected chi connectivity index (χ4v) is 8.63. The molecule has 6 rings (SSSR count).